The number of aromatic nitrogens is 2. The number of rotatable bonds is 6. The molecule has 21 heavy (non-hydrogen) atoms. The van der Waals surface area contributed by atoms with Gasteiger partial charge in [-0.25, -0.2) is 9.97 Å². The van der Waals surface area contributed by atoms with Gasteiger partial charge in [0.2, 0.25) is 11.6 Å². The molecule has 116 valence electrons. The number of nitrogens with one attached hydrogen (secondary N) is 2. The highest BCUT2D eigenvalue weighted by molar-refractivity contribution is 5.69. The van der Waals surface area contributed by atoms with Crippen LogP contribution in [0.1, 0.15) is 32.6 Å². The topological polar surface area (TPSA) is 113 Å². The monoisotopic (exact) mass is 295 g/mol. The smallest absolute Gasteiger partial charge is 0.353 e. The first-order chi connectivity index (χ1) is 10.1. The van der Waals surface area contributed by atoms with E-state index in [0.29, 0.717) is 19.0 Å². The molecule has 0 unspecified atom stereocenters. The van der Waals surface area contributed by atoms with Crippen LogP contribution in [0.5, 0.6) is 0 Å². The van der Waals surface area contributed by atoms with Gasteiger partial charge in [-0.1, -0.05) is 0 Å². The molecule has 2 rings (SSSR count). The zero-order chi connectivity index (χ0) is 15.2. The Bertz CT molecular complexity index is 489. The normalized spacial score (nSPS) is 21.8. The third-order valence-corrected chi connectivity index (χ3v) is 3.72. The van der Waals surface area contributed by atoms with E-state index in [2.05, 4.69) is 20.6 Å². The lowest BCUT2D eigenvalue weighted by molar-refractivity contribution is -0.383. The van der Waals surface area contributed by atoms with Crippen molar-refractivity contribution in [2.45, 2.75) is 38.7 Å². The molecule has 1 fully saturated rings. The third-order valence-electron chi connectivity index (χ3n) is 3.72. The van der Waals surface area contributed by atoms with Gasteiger partial charge in [0.1, 0.15) is 6.33 Å². The summed E-state index contributed by atoms with van der Waals surface area (Å²) in [4.78, 5) is 18.7. The van der Waals surface area contributed by atoms with Gasteiger partial charge in [0.15, 0.2) is 0 Å². The lowest BCUT2D eigenvalue weighted by atomic mass is 9.87. The Morgan fingerprint density at radius 3 is 2.48 bits per heavy atom. The molecule has 1 aliphatic carbocycles. The standard InChI is InChI=1S/C13H21N5O3/c1-2-14-12-11(18(20)21)13(17-8-16-12)15-7-9-3-5-10(19)6-4-9/h8-10,19H,2-7H2,1H3,(H2,14,15,16,17). The van der Waals surface area contributed by atoms with Crippen LogP contribution in [0.2, 0.25) is 0 Å². The molecule has 0 aliphatic heterocycles. The molecular weight excluding hydrogens is 274 g/mol. The summed E-state index contributed by atoms with van der Waals surface area (Å²) in [5.41, 5.74) is -0.116. The Morgan fingerprint density at radius 2 is 1.90 bits per heavy atom. The molecule has 0 spiro atoms. The molecule has 1 saturated carbocycles. The van der Waals surface area contributed by atoms with Crippen LogP contribution in [0, 0.1) is 16.0 Å². The molecule has 8 heteroatoms. The van der Waals surface area contributed by atoms with Gasteiger partial charge in [-0.15, -0.1) is 0 Å². The Morgan fingerprint density at radius 1 is 1.29 bits per heavy atom. The van der Waals surface area contributed by atoms with Crippen LogP contribution in [0.4, 0.5) is 17.3 Å². The van der Waals surface area contributed by atoms with E-state index in [9.17, 15) is 15.2 Å². The van der Waals surface area contributed by atoms with Gasteiger partial charge in [0.25, 0.3) is 0 Å². The number of nitro groups is 1. The van der Waals surface area contributed by atoms with Gasteiger partial charge in [-0.05, 0) is 38.5 Å². The maximum Gasteiger partial charge on any atom is 0.353 e. The molecule has 1 aliphatic rings. The van der Waals surface area contributed by atoms with E-state index in [-0.39, 0.29) is 23.4 Å². The summed E-state index contributed by atoms with van der Waals surface area (Å²) >= 11 is 0. The van der Waals surface area contributed by atoms with E-state index < -0.39 is 4.92 Å². The number of aliphatic hydroxyl groups excluding tert-OH is 1. The highest BCUT2D eigenvalue weighted by Crippen LogP contribution is 2.30. The lowest BCUT2D eigenvalue weighted by Crippen LogP contribution is -2.24. The molecule has 3 N–H and O–H groups in total. The van der Waals surface area contributed by atoms with E-state index in [1.54, 1.807) is 0 Å². The van der Waals surface area contributed by atoms with Crippen molar-refractivity contribution in [3.63, 3.8) is 0 Å². The number of anilines is 2. The minimum absolute atomic E-state index is 0.116. The van der Waals surface area contributed by atoms with Gasteiger partial charge < -0.3 is 15.7 Å². The second kappa shape index (κ2) is 7.16. The summed E-state index contributed by atoms with van der Waals surface area (Å²) < 4.78 is 0. The summed E-state index contributed by atoms with van der Waals surface area (Å²) in [7, 11) is 0. The van der Waals surface area contributed by atoms with Crippen molar-refractivity contribution in [2.24, 2.45) is 5.92 Å². The van der Waals surface area contributed by atoms with Crippen molar-refractivity contribution >= 4 is 17.3 Å². The zero-order valence-corrected chi connectivity index (χ0v) is 12.1. The quantitative estimate of drug-likeness (QED) is 0.541. The minimum atomic E-state index is -0.467. The molecule has 0 aromatic carbocycles. The van der Waals surface area contributed by atoms with Crippen LogP contribution in [0.3, 0.4) is 0 Å². The number of hydrogen-bond acceptors (Lipinski definition) is 7. The summed E-state index contributed by atoms with van der Waals surface area (Å²) in [6.45, 7) is 3.03. The van der Waals surface area contributed by atoms with Crippen LogP contribution in [0.25, 0.3) is 0 Å². The molecule has 0 amide bonds. The lowest BCUT2D eigenvalue weighted by Gasteiger charge is -2.25. The largest absolute Gasteiger partial charge is 0.393 e. The first kappa shape index (κ1) is 15.4. The summed E-state index contributed by atoms with van der Waals surface area (Å²) in [5, 5.41) is 26.6. The summed E-state index contributed by atoms with van der Waals surface area (Å²) in [6.07, 6.45) is 4.55. The van der Waals surface area contributed by atoms with E-state index in [1.807, 2.05) is 6.92 Å². The van der Waals surface area contributed by atoms with Crippen LogP contribution in [-0.4, -0.2) is 39.2 Å². The van der Waals surface area contributed by atoms with Crippen molar-refractivity contribution in [3.8, 4) is 0 Å². The van der Waals surface area contributed by atoms with Crippen LogP contribution >= 0.6 is 0 Å². The molecule has 0 bridgehead atoms. The Labute approximate surface area is 123 Å². The van der Waals surface area contributed by atoms with Crippen LogP contribution in [-0.2, 0) is 0 Å². The van der Waals surface area contributed by atoms with Crippen LogP contribution < -0.4 is 10.6 Å². The molecule has 1 aromatic rings. The number of aliphatic hydroxyl groups is 1. The summed E-state index contributed by atoms with van der Waals surface area (Å²) in [6, 6.07) is 0. The average molecular weight is 295 g/mol. The fourth-order valence-corrected chi connectivity index (χ4v) is 2.57. The SMILES string of the molecule is CCNc1ncnc(NCC2CCC(O)CC2)c1[N+](=O)[O-]. The molecule has 1 heterocycles. The Kier molecular flexibility index (Phi) is 5.26. The van der Waals surface area contributed by atoms with Crippen molar-refractivity contribution in [1.82, 2.24) is 9.97 Å². The molecule has 8 nitrogen and oxygen atoms in total. The summed E-state index contributed by atoms with van der Waals surface area (Å²) in [5.74, 6) is 0.890. The van der Waals surface area contributed by atoms with Crippen molar-refractivity contribution < 1.29 is 10.0 Å². The third kappa shape index (κ3) is 4.01. The Hall–Kier alpha value is -1.96. The van der Waals surface area contributed by atoms with E-state index in [0.717, 1.165) is 25.7 Å². The second-order valence-electron chi connectivity index (χ2n) is 5.26. The highest BCUT2D eigenvalue weighted by Gasteiger charge is 2.24. The molecule has 0 radical (unpaired) electrons. The van der Waals surface area contributed by atoms with E-state index in [1.165, 1.54) is 6.33 Å². The molecule has 0 saturated heterocycles. The fourth-order valence-electron chi connectivity index (χ4n) is 2.57. The molecular formula is C13H21N5O3. The highest BCUT2D eigenvalue weighted by atomic mass is 16.6. The average Bonchev–Trinajstić information content (AvgIpc) is 2.47. The van der Waals surface area contributed by atoms with Gasteiger partial charge in [-0.2, -0.15) is 0 Å². The number of hydrogen-bond donors (Lipinski definition) is 3. The van der Waals surface area contributed by atoms with Crippen molar-refractivity contribution in [1.29, 1.82) is 0 Å². The Balaban J connectivity index is 2.05. The predicted molar refractivity (Wildman–Crippen MR) is 79.3 cm³/mol. The van der Waals surface area contributed by atoms with E-state index >= 15 is 0 Å². The van der Waals surface area contributed by atoms with Gasteiger partial charge >= 0.3 is 5.69 Å². The van der Waals surface area contributed by atoms with Gasteiger partial charge in [0.05, 0.1) is 11.0 Å². The van der Waals surface area contributed by atoms with E-state index in [4.69, 9.17) is 0 Å². The van der Waals surface area contributed by atoms with Gasteiger partial charge in [-0.3, -0.25) is 10.1 Å². The number of nitrogens with zero attached hydrogens (tertiary/aromatic N) is 3. The molecule has 1 aromatic heterocycles. The van der Waals surface area contributed by atoms with Gasteiger partial charge in [0, 0.05) is 13.1 Å². The van der Waals surface area contributed by atoms with Crippen LogP contribution in [0.15, 0.2) is 6.33 Å². The first-order valence-electron chi connectivity index (χ1n) is 7.27. The van der Waals surface area contributed by atoms with Crippen molar-refractivity contribution in [3.05, 3.63) is 16.4 Å². The zero-order valence-electron chi connectivity index (χ0n) is 12.1. The maximum atomic E-state index is 11.2. The second-order valence-corrected chi connectivity index (χ2v) is 5.26. The predicted octanol–water partition coefficient (Wildman–Crippen LogP) is 1.78. The fraction of sp³-hybridized carbons (Fsp3) is 0.692. The van der Waals surface area contributed by atoms with Crippen molar-refractivity contribution in [2.75, 3.05) is 23.7 Å². The molecule has 0 atom stereocenters. The maximum absolute atomic E-state index is 11.2. The first-order valence-corrected chi connectivity index (χ1v) is 7.27. The minimum Gasteiger partial charge on any atom is -0.393 e.